The molecule has 0 aliphatic carbocycles. The van der Waals surface area contributed by atoms with Crippen molar-refractivity contribution in [3.63, 3.8) is 0 Å². The van der Waals surface area contributed by atoms with Gasteiger partial charge in [0.1, 0.15) is 5.82 Å². The summed E-state index contributed by atoms with van der Waals surface area (Å²) in [6.07, 6.45) is 0. The number of hydrogen-bond donors (Lipinski definition) is 2. The van der Waals surface area contributed by atoms with Gasteiger partial charge in [0, 0.05) is 27.0 Å². The third kappa shape index (κ3) is 1.59. The molecule has 0 amide bonds. The second-order valence-corrected chi connectivity index (χ2v) is 5.51. The molecule has 0 fully saturated rings. The molecule has 2 heterocycles. The van der Waals surface area contributed by atoms with E-state index in [1.54, 1.807) is 6.07 Å². The Labute approximate surface area is 107 Å². The van der Waals surface area contributed by atoms with Gasteiger partial charge in [-0.05, 0) is 32.0 Å². The fourth-order valence-corrected chi connectivity index (χ4v) is 2.95. The molecule has 0 spiro atoms. The topological polar surface area (TPSA) is 54.7 Å². The quantitative estimate of drug-likeness (QED) is 0.702. The van der Waals surface area contributed by atoms with Crippen LogP contribution in [0.3, 0.4) is 0 Å². The summed E-state index contributed by atoms with van der Waals surface area (Å²) in [6.45, 7) is 3.93. The second kappa shape index (κ2) is 3.81. The number of benzene rings is 1. The lowest BCUT2D eigenvalue weighted by molar-refractivity contribution is 0.630. The first-order valence-corrected chi connectivity index (χ1v) is 6.39. The van der Waals surface area contributed by atoms with Crippen molar-refractivity contribution in [1.29, 1.82) is 0 Å². The summed E-state index contributed by atoms with van der Waals surface area (Å²) >= 11 is 1.45. The van der Waals surface area contributed by atoms with Crippen LogP contribution in [0.25, 0.3) is 22.2 Å². The van der Waals surface area contributed by atoms with E-state index in [1.807, 2.05) is 13.8 Å². The maximum Gasteiger partial charge on any atom is 0.180 e. The van der Waals surface area contributed by atoms with Crippen molar-refractivity contribution in [2.24, 2.45) is 0 Å². The van der Waals surface area contributed by atoms with Crippen molar-refractivity contribution < 1.29 is 4.39 Å². The Kier molecular flexibility index (Phi) is 2.38. The molecule has 0 bridgehead atoms. The normalized spacial score (nSPS) is 11.3. The number of nitrogens with two attached hydrogens (primary N) is 1. The lowest BCUT2D eigenvalue weighted by Gasteiger charge is -1.99. The van der Waals surface area contributed by atoms with Gasteiger partial charge in [-0.25, -0.2) is 9.37 Å². The van der Waals surface area contributed by atoms with Gasteiger partial charge in [0.05, 0.1) is 5.69 Å². The molecule has 0 aliphatic rings. The molecule has 0 saturated heterocycles. The highest BCUT2D eigenvalue weighted by Gasteiger charge is 2.16. The number of anilines is 1. The molecule has 3 rings (SSSR count). The maximum atomic E-state index is 13.4. The molecular weight excluding hydrogens is 249 g/mol. The number of nitrogens with one attached hydrogen (secondary N) is 1. The number of halogens is 1. The van der Waals surface area contributed by atoms with Gasteiger partial charge in [-0.15, -0.1) is 11.3 Å². The number of hydrogen-bond acceptors (Lipinski definition) is 3. The Morgan fingerprint density at radius 1 is 1.33 bits per heavy atom. The van der Waals surface area contributed by atoms with Gasteiger partial charge in [0.25, 0.3) is 0 Å². The summed E-state index contributed by atoms with van der Waals surface area (Å²) in [5, 5.41) is 1.38. The largest absolute Gasteiger partial charge is 0.375 e. The van der Waals surface area contributed by atoms with E-state index < -0.39 is 0 Å². The molecular formula is C13H12FN3S. The van der Waals surface area contributed by atoms with E-state index in [4.69, 9.17) is 5.73 Å². The van der Waals surface area contributed by atoms with Crippen molar-refractivity contribution in [1.82, 2.24) is 9.97 Å². The van der Waals surface area contributed by atoms with Gasteiger partial charge >= 0.3 is 0 Å². The molecule has 0 saturated carbocycles. The molecule has 0 aliphatic heterocycles. The first-order chi connectivity index (χ1) is 8.56. The van der Waals surface area contributed by atoms with Crippen molar-refractivity contribution in [2.75, 3.05) is 5.73 Å². The summed E-state index contributed by atoms with van der Waals surface area (Å²) in [5.74, 6) is -0.247. The highest BCUT2D eigenvalue weighted by molar-refractivity contribution is 7.15. The van der Waals surface area contributed by atoms with E-state index in [-0.39, 0.29) is 5.82 Å². The van der Waals surface area contributed by atoms with Crippen molar-refractivity contribution in [3.05, 3.63) is 34.6 Å². The number of H-pyrrole nitrogens is 1. The van der Waals surface area contributed by atoms with E-state index >= 15 is 0 Å². The van der Waals surface area contributed by atoms with E-state index in [9.17, 15) is 4.39 Å². The Morgan fingerprint density at radius 2 is 2.11 bits per heavy atom. The highest BCUT2D eigenvalue weighted by atomic mass is 32.1. The fourth-order valence-electron chi connectivity index (χ4n) is 2.25. The van der Waals surface area contributed by atoms with Gasteiger partial charge in [-0.2, -0.15) is 0 Å². The number of fused-ring (bicyclic) bond motifs is 1. The van der Waals surface area contributed by atoms with Gasteiger partial charge in [-0.1, -0.05) is 0 Å². The van der Waals surface area contributed by atoms with Crippen LogP contribution in [0.5, 0.6) is 0 Å². The summed E-state index contributed by atoms with van der Waals surface area (Å²) in [4.78, 5) is 8.64. The zero-order chi connectivity index (χ0) is 12.9. The Balaban J connectivity index is 2.37. The smallest absolute Gasteiger partial charge is 0.180 e. The third-order valence-corrected chi connectivity index (χ3v) is 3.80. The van der Waals surface area contributed by atoms with Gasteiger partial charge < -0.3 is 10.7 Å². The standard InChI is InChI=1S/C13H12FN3S/c1-6-11(12-7(2)18-13(15)17-12)9-5-8(14)3-4-10(9)16-6/h3-5,16H,1-2H3,(H2,15,17). The first kappa shape index (κ1) is 11.2. The predicted molar refractivity (Wildman–Crippen MR) is 73.3 cm³/mol. The molecule has 2 aromatic heterocycles. The van der Waals surface area contributed by atoms with Crippen LogP contribution in [0.2, 0.25) is 0 Å². The fraction of sp³-hybridized carbons (Fsp3) is 0.154. The lowest BCUT2D eigenvalue weighted by atomic mass is 10.1. The average molecular weight is 261 g/mol. The number of nitrogens with zero attached hydrogens (tertiary/aromatic N) is 1. The third-order valence-electron chi connectivity index (χ3n) is 3.00. The number of nitrogen functional groups attached to an aromatic ring is 1. The van der Waals surface area contributed by atoms with Crippen LogP contribution in [-0.4, -0.2) is 9.97 Å². The molecule has 5 heteroatoms. The van der Waals surface area contributed by atoms with Crippen LogP contribution in [0.1, 0.15) is 10.6 Å². The zero-order valence-electron chi connectivity index (χ0n) is 10.0. The van der Waals surface area contributed by atoms with E-state index in [2.05, 4.69) is 9.97 Å². The molecule has 3 aromatic rings. The minimum absolute atomic E-state index is 0.247. The minimum Gasteiger partial charge on any atom is -0.375 e. The molecule has 0 radical (unpaired) electrons. The van der Waals surface area contributed by atoms with Crippen LogP contribution in [0.15, 0.2) is 18.2 Å². The molecule has 92 valence electrons. The Hall–Kier alpha value is -1.88. The van der Waals surface area contributed by atoms with Crippen LogP contribution >= 0.6 is 11.3 Å². The molecule has 3 nitrogen and oxygen atoms in total. The molecule has 0 atom stereocenters. The second-order valence-electron chi connectivity index (χ2n) is 4.27. The maximum absolute atomic E-state index is 13.4. The monoisotopic (exact) mass is 261 g/mol. The molecule has 18 heavy (non-hydrogen) atoms. The lowest BCUT2D eigenvalue weighted by Crippen LogP contribution is -1.85. The van der Waals surface area contributed by atoms with Crippen molar-refractivity contribution in [2.45, 2.75) is 13.8 Å². The number of rotatable bonds is 1. The van der Waals surface area contributed by atoms with Crippen LogP contribution in [-0.2, 0) is 0 Å². The summed E-state index contributed by atoms with van der Waals surface area (Å²) < 4.78 is 13.4. The Morgan fingerprint density at radius 3 is 2.78 bits per heavy atom. The minimum atomic E-state index is -0.247. The summed E-state index contributed by atoms with van der Waals surface area (Å²) in [6, 6.07) is 4.72. The summed E-state index contributed by atoms with van der Waals surface area (Å²) in [7, 11) is 0. The molecule has 0 unspecified atom stereocenters. The van der Waals surface area contributed by atoms with Crippen LogP contribution in [0, 0.1) is 19.7 Å². The number of aromatic amines is 1. The number of thiazole rings is 1. The number of aryl methyl sites for hydroxylation is 2. The highest BCUT2D eigenvalue weighted by Crippen LogP contribution is 2.36. The SMILES string of the molecule is Cc1[nH]c2ccc(F)cc2c1-c1nc(N)sc1C. The Bertz CT molecular complexity index is 742. The number of aromatic nitrogens is 2. The van der Waals surface area contributed by atoms with Crippen LogP contribution < -0.4 is 5.73 Å². The van der Waals surface area contributed by atoms with E-state index in [0.717, 1.165) is 32.7 Å². The van der Waals surface area contributed by atoms with E-state index in [0.29, 0.717) is 5.13 Å². The predicted octanol–water partition coefficient (Wildman–Crippen LogP) is 3.63. The summed E-state index contributed by atoms with van der Waals surface area (Å²) in [5.41, 5.74) is 9.40. The van der Waals surface area contributed by atoms with Crippen molar-refractivity contribution >= 4 is 27.4 Å². The van der Waals surface area contributed by atoms with Gasteiger partial charge in [0.15, 0.2) is 5.13 Å². The van der Waals surface area contributed by atoms with Crippen molar-refractivity contribution in [3.8, 4) is 11.3 Å². The van der Waals surface area contributed by atoms with E-state index in [1.165, 1.54) is 23.5 Å². The van der Waals surface area contributed by atoms with Gasteiger partial charge in [0.2, 0.25) is 0 Å². The average Bonchev–Trinajstić information content (AvgIpc) is 2.77. The van der Waals surface area contributed by atoms with Gasteiger partial charge in [-0.3, -0.25) is 0 Å². The zero-order valence-corrected chi connectivity index (χ0v) is 10.9. The molecule has 3 N–H and O–H groups in total. The van der Waals surface area contributed by atoms with Crippen LogP contribution in [0.4, 0.5) is 9.52 Å². The molecule has 1 aromatic carbocycles. The first-order valence-electron chi connectivity index (χ1n) is 5.57.